The van der Waals surface area contributed by atoms with E-state index in [1.807, 2.05) is 54.6 Å². The number of amides is 1. The van der Waals surface area contributed by atoms with Crippen LogP contribution in [0, 0.1) is 0 Å². The fourth-order valence-electron chi connectivity index (χ4n) is 2.50. The summed E-state index contributed by atoms with van der Waals surface area (Å²) < 4.78 is 5.13. The molecule has 3 rings (SSSR count). The zero-order valence-electron chi connectivity index (χ0n) is 14.6. The van der Waals surface area contributed by atoms with Crippen LogP contribution < -0.4 is 10.1 Å². The molecule has 0 fully saturated rings. The number of carbonyl (C=O) groups excluding carboxylic acids is 1. The summed E-state index contributed by atoms with van der Waals surface area (Å²) in [6, 6.07) is 25.9. The summed E-state index contributed by atoms with van der Waals surface area (Å²) in [5.74, 6) is 1.67. The summed E-state index contributed by atoms with van der Waals surface area (Å²) in [5.41, 5.74) is 3.00. The van der Waals surface area contributed by atoms with Crippen LogP contribution in [-0.4, -0.2) is 13.0 Å². The minimum atomic E-state index is -0.0263. The highest BCUT2D eigenvalue weighted by Gasteiger charge is 2.05. The van der Waals surface area contributed by atoms with Gasteiger partial charge in [-0.05, 0) is 47.5 Å². The van der Waals surface area contributed by atoms with Gasteiger partial charge in [0, 0.05) is 16.3 Å². The Bertz CT molecular complexity index is 830. The Balaban J connectivity index is 1.50. The van der Waals surface area contributed by atoms with Crippen molar-refractivity contribution in [2.45, 2.75) is 17.1 Å². The van der Waals surface area contributed by atoms with Crippen molar-refractivity contribution in [1.82, 2.24) is 0 Å². The minimum absolute atomic E-state index is 0.0263. The summed E-state index contributed by atoms with van der Waals surface area (Å²) in [6.45, 7) is 0. The quantitative estimate of drug-likeness (QED) is 0.589. The van der Waals surface area contributed by atoms with E-state index in [1.165, 1.54) is 10.5 Å². The van der Waals surface area contributed by atoms with Gasteiger partial charge in [-0.2, -0.15) is 0 Å². The molecule has 1 amide bonds. The maximum absolute atomic E-state index is 12.2. The fourth-order valence-corrected chi connectivity index (χ4v) is 3.38. The third-order valence-corrected chi connectivity index (χ3v) is 4.99. The van der Waals surface area contributed by atoms with E-state index in [4.69, 9.17) is 4.74 Å². The molecule has 0 aliphatic carbocycles. The normalized spacial score (nSPS) is 10.3. The standard InChI is InChI=1S/C22H21NO2S/c1-25-20-13-9-17(10-14-20)15-22(24)23-19-11-7-18(8-12-19)16-26-21-5-3-2-4-6-21/h2-14H,15-16H2,1H3,(H,23,24). The Kier molecular flexibility index (Phi) is 6.34. The molecule has 0 aromatic heterocycles. The third-order valence-electron chi connectivity index (χ3n) is 3.91. The molecular weight excluding hydrogens is 342 g/mol. The number of rotatable bonds is 7. The molecule has 132 valence electrons. The van der Waals surface area contributed by atoms with E-state index in [2.05, 4.69) is 29.6 Å². The third kappa shape index (κ3) is 5.39. The lowest BCUT2D eigenvalue weighted by molar-refractivity contribution is -0.115. The van der Waals surface area contributed by atoms with Crippen LogP contribution in [-0.2, 0) is 17.0 Å². The Morgan fingerprint density at radius 1 is 0.885 bits per heavy atom. The molecule has 0 aliphatic rings. The van der Waals surface area contributed by atoms with Gasteiger partial charge in [0.05, 0.1) is 13.5 Å². The van der Waals surface area contributed by atoms with Crippen molar-refractivity contribution in [3.63, 3.8) is 0 Å². The molecular formula is C22H21NO2S. The van der Waals surface area contributed by atoms with Crippen molar-refractivity contribution in [3.05, 3.63) is 90.0 Å². The van der Waals surface area contributed by atoms with Crippen molar-refractivity contribution in [2.24, 2.45) is 0 Å². The van der Waals surface area contributed by atoms with Crippen LogP contribution in [0.1, 0.15) is 11.1 Å². The predicted octanol–water partition coefficient (Wildman–Crippen LogP) is 5.17. The molecule has 0 radical (unpaired) electrons. The van der Waals surface area contributed by atoms with Crippen LogP contribution in [0.4, 0.5) is 5.69 Å². The Morgan fingerprint density at radius 3 is 2.19 bits per heavy atom. The van der Waals surface area contributed by atoms with E-state index in [1.54, 1.807) is 18.9 Å². The number of nitrogens with one attached hydrogen (secondary N) is 1. The molecule has 0 spiro atoms. The number of hydrogen-bond donors (Lipinski definition) is 1. The van der Waals surface area contributed by atoms with Crippen molar-refractivity contribution in [1.29, 1.82) is 0 Å². The zero-order chi connectivity index (χ0) is 18.2. The molecule has 0 aliphatic heterocycles. The van der Waals surface area contributed by atoms with E-state index in [0.29, 0.717) is 6.42 Å². The molecule has 0 heterocycles. The first-order valence-corrected chi connectivity index (χ1v) is 9.41. The maximum atomic E-state index is 12.2. The van der Waals surface area contributed by atoms with Gasteiger partial charge in [0.2, 0.25) is 5.91 Å². The number of benzene rings is 3. The smallest absolute Gasteiger partial charge is 0.228 e. The Morgan fingerprint density at radius 2 is 1.54 bits per heavy atom. The van der Waals surface area contributed by atoms with Gasteiger partial charge in [0.25, 0.3) is 0 Å². The first-order chi connectivity index (χ1) is 12.7. The van der Waals surface area contributed by atoms with E-state index >= 15 is 0 Å². The van der Waals surface area contributed by atoms with Gasteiger partial charge >= 0.3 is 0 Å². The molecule has 0 unspecified atom stereocenters. The fraction of sp³-hybridized carbons (Fsp3) is 0.136. The number of thioether (sulfide) groups is 1. The summed E-state index contributed by atoms with van der Waals surface area (Å²) >= 11 is 1.80. The van der Waals surface area contributed by atoms with Crippen molar-refractivity contribution in [3.8, 4) is 5.75 Å². The van der Waals surface area contributed by atoms with Crippen molar-refractivity contribution >= 4 is 23.4 Å². The van der Waals surface area contributed by atoms with Gasteiger partial charge in [-0.25, -0.2) is 0 Å². The highest BCUT2D eigenvalue weighted by molar-refractivity contribution is 7.98. The van der Waals surface area contributed by atoms with Gasteiger partial charge in [0.1, 0.15) is 5.75 Å². The summed E-state index contributed by atoms with van der Waals surface area (Å²) in [6.07, 6.45) is 0.343. The summed E-state index contributed by atoms with van der Waals surface area (Å²) in [5, 5.41) is 2.94. The molecule has 4 heteroatoms. The van der Waals surface area contributed by atoms with E-state index in [0.717, 1.165) is 22.8 Å². The number of carbonyl (C=O) groups is 1. The first-order valence-electron chi connectivity index (χ1n) is 8.42. The summed E-state index contributed by atoms with van der Waals surface area (Å²) in [7, 11) is 1.63. The number of hydrogen-bond acceptors (Lipinski definition) is 3. The number of methoxy groups -OCH3 is 1. The molecule has 0 atom stereocenters. The lowest BCUT2D eigenvalue weighted by atomic mass is 10.1. The van der Waals surface area contributed by atoms with Crippen molar-refractivity contribution in [2.75, 3.05) is 12.4 Å². The van der Waals surface area contributed by atoms with Crippen LogP contribution in [0.3, 0.4) is 0 Å². The van der Waals surface area contributed by atoms with Crippen molar-refractivity contribution < 1.29 is 9.53 Å². The Hall–Kier alpha value is -2.72. The highest BCUT2D eigenvalue weighted by Crippen LogP contribution is 2.23. The SMILES string of the molecule is COc1ccc(CC(=O)Nc2ccc(CSc3ccccc3)cc2)cc1. The largest absolute Gasteiger partial charge is 0.497 e. The van der Waals surface area contributed by atoms with Crippen LogP contribution in [0.15, 0.2) is 83.8 Å². The van der Waals surface area contributed by atoms with Gasteiger partial charge in [-0.15, -0.1) is 11.8 Å². The molecule has 3 aromatic carbocycles. The van der Waals surface area contributed by atoms with E-state index in [9.17, 15) is 4.79 Å². The molecule has 3 nitrogen and oxygen atoms in total. The first kappa shape index (κ1) is 18.1. The van der Waals surface area contributed by atoms with Crippen LogP contribution in [0.25, 0.3) is 0 Å². The molecule has 0 saturated carbocycles. The van der Waals surface area contributed by atoms with Gasteiger partial charge in [0.15, 0.2) is 0 Å². The highest BCUT2D eigenvalue weighted by atomic mass is 32.2. The molecule has 26 heavy (non-hydrogen) atoms. The Labute approximate surface area is 158 Å². The monoisotopic (exact) mass is 363 g/mol. The van der Waals surface area contributed by atoms with Crippen LogP contribution >= 0.6 is 11.8 Å². The van der Waals surface area contributed by atoms with E-state index < -0.39 is 0 Å². The second-order valence-corrected chi connectivity index (χ2v) is 6.92. The van der Waals surface area contributed by atoms with Crippen LogP contribution in [0.5, 0.6) is 5.75 Å². The zero-order valence-corrected chi connectivity index (χ0v) is 15.5. The van der Waals surface area contributed by atoms with Gasteiger partial charge < -0.3 is 10.1 Å². The maximum Gasteiger partial charge on any atom is 0.228 e. The van der Waals surface area contributed by atoms with Gasteiger partial charge in [-0.1, -0.05) is 42.5 Å². The molecule has 0 saturated heterocycles. The lowest BCUT2D eigenvalue weighted by Gasteiger charge is -2.07. The van der Waals surface area contributed by atoms with Crippen LogP contribution in [0.2, 0.25) is 0 Å². The number of ether oxygens (including phenoxy) is 1. The average Bonchev–Trinajstić information content (AvgIpc) is 2.69. The van der Waals surface area contributed by atoms with E-state index in [-0.39, 0.29) is 5.91 Å². The molecule has 1 N–H and O–H groups in total. The summed E-state index contributed by atoms with van der Waals surface area (Å²) in [4.78, 5) is 13.4. The van der Waals surface area contributed by atoms with Gasteiger partial charge in [-0.3, -0.25) is 4.79 Å². The lowest BCUT2D eigenvalue weighted by Crippen LogP contribution is -2.14. The second kappa shape index (κ2) is 9.11. The molecule has 0 bridgehead atoms. The minimum Gasteiger partial charge on any atom is -0.497 e. The number of anilines is 1. The second-order valence-electron chi connectivity index (χ2n) is 5.87. The molecule has 3 aromatic rings. The average molecular weight is 363 g/mol. The topological polar surface area (TPSA) is 38.3 Å². The predicted molar refractivity (Wildman–Crippen MR) is 108 cm³/mol.